The van der Waals surface area contributed by atoms with Gasteiger partial charge in [0.15, 0.2) is 0 Å². The number of thiazole rings is 1. The number of carbonyl (C=O) groups is 3. The highest BCUT2D eigenvalue weighted by Crippen LogP contribution is 2.54. The molecule has 0 spiro atoms. The van der Waals surface area contributed by atoms with Crippen molar-refractivity contribution in [1.29, 1.82) is 0 Å². The third-order valence-electron chi connectivity index (χ3n) is 6.15. The summed E-state index contributed by atoms with van der Waals surface area (Å²) in [7, 11) is 0. The van der Waals surface area contributed by atoms with Crippen molar-refractivity contribution < 1.29 is 14.4 Å². The minimum absolute atomic E-state index is 0.196. The van der Waals surface area contributed by atoms with Crippen LogP contribution in [0.3, 0.4) is 0 Å². The molecule has 1 saturated heterocycles. The van der Waals surface area contributed by atoms with Crippen molar-refractivity contribution in [2.24, 2.45) is 5.92 Å². The zero-order valence-electron chi connectivity index (χ0n) is 18.3. The van der Waals surface area contributed by atoms with Crippen molar-refractivity contribution in [3.63, 3.8) is 0 Å². The fraction of sp³-hybridized carbons (Fsp3) is 0.250. The third-order valence-corrected chi connectivity index (χ3v) is 9.22. The number of amides is 3. The SMILES string of the molecule is CC1(C)c2sc(=O)n(CC(=O)Nc3ccc(Cl)cc3)c2S[C@@H]2C(=O)N(c3ccccc3)C(=O)[C@@H]21. The first-order valence-electron chi connectivity index (χ1n) is 10.6. The maximum Gasteiger partial charge on any atom is 0.308 e. The standard InChI is InChI=1S/C24H20ClN3O4S2/c1-24(2)17-18(21(31)28(20(17)30)15-6-4-3-5-7-15)33-22-19(24)34-23(32)27(22)12-16(29)26-14-10-8-13(25)9-11-14/h3-11,17-18H,12H2,1-2H3,(H,26,29)/t17-,18+/m1/s1. The predicted molar refractivity (Wildman–Crippen MR) is 134 cm³/mol. The molecule has 2 aliphatic heterocycles. The van der Waals surface area contributed by atoms with E-state index in [1.165, 1.54) is 21.2 Å². The highest BCUT2D eigenvalue weighted by atomic mass is 35.5. The highest BCUT2D eigenvalue weighted by Gasteiger charge is 2.59. The number of para-hydroxylation sites is 1. The molecule has 0 aliphatic carbocycles. The van der Waals surface area contributed by atoms with Crippen LogP contribution in [0.5, 0.6) is 0 Å². The second-order valence-corrected chi connectivity index (χ2v) is 11.3. The number of rotatable bonds is 4. The molecule has 3 heterocycles. The maximum absolute atomic E-state index is 13.4. The van der Waals surface area contributed by atoms with Crippen LogP contribution < -0.4 is 15.1 Å². The molecule has 0 saturated carbocycles. The Kier molecular flexibility index (Phi) is 5.66. The molecule has 34 heavy (non-hydrogen) atoms. The smallest absolute Gasteiger partial charge is 0.308 e. The van der Waals surface area contributed by atoms with Gasteiger partial charge in [0.1, 0.15) is 11.8 Å². The molecule has 3 aromatic rings. The topological polar surface area (TPSA) is 88.5 Å². The van der Waals surface area contributed by atoms with Crippen LogP contribution in [0.1, 0.15) is 18.7 Å². The first kappa shape index (κ1) is 22.9. The predicted octanol–water partition coefficient (Wildman–Crippen LogP) is 4.14. The van der Waals surface area contributed by atoms with Gasteiger partial charge in [0.2, 0.25) is 17.7 Å². The Balaban J connectivity index is 1.47. The van der Waals surface area contributed by atoms with E-state index in [0.717, 1.165) is 16.2 Å². The second-order valence-electron chi connectivity index (χ2n) is 8.73. The molecule has 1 N–H and O–H groups in total. The van der Waals surface area contributed by atoms with Gasteiger partial charge in [-0.2, -0.15) is 0 Å². The molecular weight excluding hydrogens is 494 g/mol. The Bertz CT molecular complexity index is 1370. The summed E-state index contributed by atoms with van der Waals surface area (Å²) >= 11 is 8.12. The quantitative estimate of drug-likeness (QED) is 0.530. The van der Waals surface area contributed by atoms with Crippen LogP contribution in [-0.4, -0.2) is 27.5 Å². The summed E-state index contributed by atoms with van der Waals surface area (Å²) in [6.45, 7) is 3.58. The lowest BCUT2D eigenvalue weighted by atomic mass is 9.76. The average molecular weight is 514 g/mol. The molecule has 2 atom stereocenters. The van der Waals surface area contributed by atoms with Gasteiger partial charge in [0, 0.05) is 21.0 Å². The molecule has 1 aromatic heterocycles. The summed E-state index contributed by atoms with van der Waals surface area (Å²) in [5.74, 6) is -1.55. The van der Waals surface area contributed by atoms with E-state index in [1.807, 2.05) is 19.9 Å². The van der Waals surface area contributed by atoms with Crippen molar-refractivity contribution in [2.75, 3.05) is 10.2 Å². The summed E-state index contributed by atoms with van der Waals surface area (Å²) in [4.78, 5) is 54.0. The lowest BCUT2D eigenvalue weighted by Crippen LogP contribution is -2.41. The summed E-state index contributed by atoms with van der Waals surface area (Å²) in [5, 5.41) is 3.21. The zero-order chi connectivity index (χ0) is 24.2. The van der Waals surface area contributed by atoms with E-state index in [2.05, 4.69) is 5.32 Å². The van der Waals surface area contributed by atoms with Gasteiger partial charge >= 0.3 is 4.87 Å². The van der Waals surface area contributed by atoms with E-state index in [1.54, 1.807) is 48.5 Å². The normalized spacial score (nSPS) is 20.7. The Hall–Kier alpha value is -2.88. The number of halogens is 1. The van der Waals surface area contributed by atoms with Gasteiger partial charge in [-0.25, -0.2) is 4.90 Å². The van der Waals surface area contributed by atoms with Gasteiger partial charge < -0.3 is 5.32 Å². The summed E-state index contributed by atoms with van der Waals surface area (Å²) < 4.78 is 1.40. The van der Waals surface area contributed by atoms with E-state index >= 15 is 0 Å². The molecule has 0 bridgehead atoms. The van der Waals surface area contributed by atoms with E-state index in [4.69, 9.17) is 11.6 Å². The number of hydrogen-bond acceptors (Lipinski definition) is 6. The van der Waals surface area contributed by atoms with Gasteiger partial charge in [-0.05, 0) is 36.4 Å². The van der Waals surface area contributed by atoms with Crippen LogP contribution >= 0.6 is 34.7 Å². The van der Waals surface area contributed by atoms with E-state index in [9.17, 15) is 19.2 Å². The lowest BCUT2D eigenvalue weighted by Gasteiger charge is -2.36. The second kappa shape index (κ2) is 8.41. The first-order chi connectivity index (χ1) is 16.2. The minimum atomic E-state index is -0.747. The maximum atomic E-state index is 13.4. The first-order valence-corrected chi connectivity index (χ1v) is 12.6. The molecule has 5 rings (SSSR count). The third kappa shape index (κ3) is 3.68. The molecular formula is C24H20ClN3O4S2. The number of hydrogen-bond donors (Lipinski definition) is 1. The summed E-state index contributed by atoms with van der Waals surface area (Å²) in [5.41, 5.74) is 0.351. The molecule has 10 heteroatoms. The fourth-order valence-electron chi connectivity index (χ4n) is 4.48. The van der Waals surface area contributed by atoms with Crippen LogP contribution in [0.15, 0.2) is 64.4 Å². The molecule has 1 fully saturated rings. The van der Waals surface area contributed by atoms with Crippen molar-refractivity contribution in [3.05, 3.63) is 74.2 Å². The Morgan fingerprint density at radius 2 is 1.71 bits per heavy atom. The van der Waals surface area contributed by atoms with E-state index < -0.39 is 16.6 Å². The Morgan fingerprint density at radius 1 is 1.03 bits per heavy atom. The number of nitrogens with one attached hydrogen (secondary N) is 1. The van der Waals surface area contributed by atoms with Gasteiger partial charge in [-0.15, -0.1) is 0 Å². The number of aromatic nitrogens is 1. The number of imide groups is 1. The average Bonchev–Trinajstić information content (AvgIpc) is 3.25. The summed E-state index contributed by atoms with van der Waals surface area (Å²) in [6.07, 6.45) is 0. The van der Waals surface area contributed by atoms with Crippen molar-refractivity contribution >= 4 is 63.8 Å². The number of benzene rings is 2. The molecule has 174 valence electrons. The fourth-order valence-corrected chi connectivity index (χ4v) is 7.64. The van der Waals surface area contributed by atoms with Gasteiger partial charge in [-0.3, -0.25) is 23.7 Å². The zero-order valence-corrected chi connectivity index (χ0v) is 20.7. The molecule has 2 aliphatic rings. The monoisotopic (exact) mass is 513 g/mol. The van der Waals surface area contributed by atoms with Gasteiger partial charge in [0.05, 0.1) is 16.6 Å². The molecule has 7 nitrogen and oxygen atoms in total. The lowest BCUT2D eigenvalue weighted by molar-refractivity contribution is -0.123. The van der Waals surface area contributed by atoms with Crippen LogP contribution in [0.25, 0.3) is 0 Å². The van der Waals surface area contributed by atoms with Crippen LogP contribution in [-0.2, 0) is 26.3 Å². The molecule has 3 amide bonds. The Morgan fingerprint density at radius 3 is 2.38 bits per heavy atom. The largest absolute Gasteiger partial charge is 0.325 e. The van der Waals surface area contributed by atoms with Gasteiger partial charge in [0.25, 0.3) is 0 Å². The number of thioether (sulfide) groups is 1. The Labute approximate surface area is 208 Å². The number of anilines is 2. The van der Waals surface area contributed by atoms with Crippen LogP contribution in [0.2, 0.25) is 5.02 Å². The van der Waals surface area contributed by atoms with Crippen molar-refractivity contribution in [2.45, 2.75) is 36.1 Å². The number of fused-ring (bicyclic) bond motifs is 2. The van der Waals surface area contributed by atoms with Crippen molar-refractivity contribution in [3.8, 4) is 0 Å². The van der Waals surface area contributed by atoms with Gasteiger partial charge in [-0.1, -0.05) is 66.7 Å². The van der Waals surface area contributed by atoms with Crippen LogP contribution in [0.4, 0.5) is 11.4 Å². The van der Waals surface area contributed by atoms with Crippen LogP contribution in [0, 0.1) is 5.92 Å². The number of carbonyl (C=O) groups excluding carboxylic acids is 3. The summed E-state index contributed by atoms with van der Waals surface area (Å²) in [6, 6.07) is 15.5. The molecule has 0 radical (unpaired) electrons. The van der Waals surface area contributed by atoms with E-state index in [0.29, 0.717) is 21.4 Å². The molecule has 2 aromatic carbocycles. The molecule has 0 unspecified atom stereocenters. The minimum Gasteiger partial charge on any atom is -0.325 e. The van der Waals surface area contributed by atoms with E-state index in [-0.39, 0.29) is 29.1 Å². The highest BCUT2D eigenvalue weighted by molar-refractivity contribution is 8.00. The van der Waals surface area contributed by atoms with Crippen molar-refractivity contribution in [1.82, 2.24) is 4.57 Å². The number of nitrogens with zero attached hydrogens (tertiary/aromatic N) is 2.